The number of aromatic nitrogens is 1. The van der Waals surface area contributed by atoms with E-state index < -0.39 is 6.23 Å². The van der Waals surface area contributed by atoms with E-state index >= 15 is 0 Å². The zero-order valence-electron chi connectivity index (χ0n) is 12.6. The molecule has 1 aliphatic rings. The van der Waals surface area contributed by atoms with Gasteiger partial charge in [0.15, 0.2) is 11.5 Å². The average molecular weight is 313 g/mol. The average Bonchev–Trinajstić information content (AvgIpc) is 2.96. The number of amides is 1. The van der Waals surface area contributed by atoms with Crippen molar-refractivity contribution >= 4 is 11.8 Å². The van der Waals surface area contributed by atoms with E-state index in [1.54, 1.807) is 18.3 Å². The Hall–Kier alpha value is -3.09. The molecule has 1 aromatic heterocycles. The summed E-state index contributed by atoms with van der Waals surface area (Å²) in [5, 5.41) is 24.4. The molecule has 0 aliphatic carbocycles. The molecule has 1 aliphatic heterocycles. The van der Waals surface area contributed by atoms with Gasteiger partial charge in [0.1, 0.15) is 0 Å². The lowest BCUT2D eigenvalue weighted by molar-refractivity contribution is -0.135. The second kappa shape index (κ2) is 5.60. The molecule has 0 fully saturated rings. The molecule has 0 saturated carbocycles. The molecular formula is C16H15N3O4. The maximum atomic E-state index is 11.8. The number of phenolic OH excluding ortho intramolecular Hbond substituents is 2. The zero-order valence-corrected chi connectivity index (χ0v) is 12.6. The summed E-state index contributed by atoms with van der Waals surface area (Å²) in [6.45, 7) is 3.24. The van der Waals surface area contributed by atoms with Crippen LogP contribution in [0.25, 0.3) is 0 Å². The van der Waals surface area contributed by atoms with Crippen LogP contribution in [-0.2, 0) is 9.53 Å². The maximum Gasteiger partial charge on any atom is 0.243 e. The highest BCUT2D eigenvalue weighted by molar-refractivity contribution is 5.96. The lowest BCUT2D eigenvalue weighted by atomic mass is 10.1. The van der Waals surface area contributed by atoms with Gasteiger partial charge in [-0.2, -0.15) is 5.01 Å². The van der Waals surface area contributed by atoms with Crippen molar-refractivity contribution in [3.8, 4) is 11.5 Å². The number of hydrogen-bond donors (Lipinski definition) is 2. The van der Waals surface area contributed by atoms with Gasteiger partial charge in [-0.3, -0.25) is 9.78 Å². The molecule has 3 rings (SSSR count). The van der Waals surface area contributed by atoms with E-state index in [9.17, 15) is 15.0 Å². The fourth-order valence-corrected chi connectivity index (χ4v) is 2.19. The fourth-order valence-electron chi connectivity index (χ4n) is 2.19. The third-order valence-corrected chi connectivity index (χ3v) is 3.41. The van der Waals surface area contributed by atoms with Gasteiger partial charge in [0.25, 0.3) is 0 Å². The first-order valence-electron chi connectivity index (χ1n) is 6.95. The minimum atomic E-state index is -0.810. The highest BCUT2D eigenvalue weighted by Crippen LogP contribution is 2.34. The van der Waals surface area contributed by atoms with Gasteiger partial charge in [0, 0.05) is 24.4 Å². The van der Waals surface area contributed by atoms with Crippen LogP contribution in [0.4, 0.5) is 0 Å². The maximum absolute atomic E-state index is 11.8. The molecule has 23 heavy (non-hydrogen) atoms. The molecule has 7 heteroatoms. The minimum Gasteiger partial charge on any atom is -0.504 e. The summed E-state index contributed by atoms with van der Waals surface area (Å²) in [7, 11) is 0. The molecule has 0 spiro atoms. The Kier molecular flexibility index (Phi) is 3.61. The van der Waals surface area contributed by atoms with E-state index in [0.29, 0.717) is 11.1 Å². The highest BCUT2D eigenvalue weighted by atomic mass is 16.5. The normalized spacial score (nSPS) is 16.9. The lowest BCUT2D eigenvalue weighted by Gasteiger charge is -2.19. The van der Waals surface area contributed by atoms with E-state index in [1.165, 1.54) is 24.1 Å². The second-order valence-corrected chi connectivity index (χ2v) is 5.18. The van der Waals surface area contributed by atoms with Crippen LogP contribution in [0, 0.1) is 6.92 Å². The van der Waals surface area contributed by atoms with E-state index in [0.717, 1.165) is 5.69 Å². The van der Waals surface area contributed by atoms with E-state index in [4.69, 9.17) is 4.74 Å². The van der Waals surface area contributed by atoms with Gasteiger partial charge in [-0.15, -0.1) is 5.10 Å². The van der Waals surface area contributed by atoms with Crippen molar-refractivity contribution in [2.45, 2.75) is 20.1 Å². The summed E-state index contributed by atoms with van der Waals surface area (Å²) in [6, 6.07) is 7.84. The van der Waals surface area contributed by atoms with Crippen molar-refractivity contribution < 1.29 is 19.7 Å². The van der Waals surface area contributed by atoms with Crippen LogP contribution >= 0.6 is 0 Å². The van der Waals surface area contributed by atoms with Gasteiger partial charge in [-0.1, -0.05) is 0 Å². The number of ether oxygens (including phenoxy) is 1. The molecule has 7 nitrogen and oxygen atoms in total. The second-order valence-electron chi connectivity index (χ2n) is 5.18. The van der Waals surface area contributed by atoms with Crippen LogP contribution in [0.5, 0.6) is 11.5 Å². The smallest absolute Gasteiger partial charge is 0.243 e. The Bertz CT molecular complexity index is 786. The number of carbonyl (C=O) groups is 1. The fraction of sp³-hybridized carbons (Fsp3) is 0.188. The van der Waals surface area contributed by atoms with E-state index in [-0.39, 0.29) is 23.3 Å². The molecule has 1 atom stereocenters. The summed E-state index contributed by atoms with van der Waals surface area (Å²) >= 11 is 0. The molecule has 2 N–H and O–H groups in total. The van der Waals surface area contributed by atoms with Gasteiger partial charge < -0.3 is 14.9 Å². The van der Waals surface area contributed by atoms with Crippen LogP contribution in [0.3, 0.4) is 0 Å². The third-order valence-electron chi connectivity index (χ3n) is 3.41. The van der Waals surface area contributed by atoms with Crippen LogP contribution in [0.15, 0.2) is 41.6 Å². The van der Waals surface area contributed by atoms with Gasteiger partial charge in [-0.25, -0.2) is 0 Å². The summed E-state index contributed by atoms with van der Waals surface area (Å²) in [5.41, 5.74) is 2.00. The van der Waals surface area contributed by atoms with Crippen LogP contribution in [-0.4, -0.2) is 32.0 Å². The number of hydrogen-bond acceptors (Lipinski definition) is 6. The molecule has 0 saturated heterocycles. The van der Waals surface area contributed by atoms with E-state index in [2.05, 4.69) is 10.1 Å². The molecule has 0 radical (unpaired) electrons. The Morgan fingerprint density at radius 2 is 2.00 bits per heavy atom. The Morgan fingerprint density at radius 3 is 2.61 bits per heavy atom. The van der Waals surface area contributed by atoms with Crippen molar-refractivity contribution in [2.24, 2.45) is 5.10 Å². The Morgan fingerprint density at radius 1 is 1.22 bits per heavy atom. The number of benzene rings is 1. The van der Waals surface area contributed by atoms with Crippen molar-refractivity contribution in [1.82, 2.24) is 9.99 Å². The largest absolute Gasteiger partial charge is 0.504 e. The topological polar surface area (TPSA) is 95.3 Å². The Labute approximate surface area is 132 Å². The van der Waals surface area contributed by atoms with Gasteiger partial charge in [0.05, 0.1) is 5.56 Å². The third kappa shape index (κ3) is 2.80. The summed E-state index contributed by atoms with van der Waals surface area (Å²) in [4.78, 5) is 16.0. The standard InChI is InChI=1S/C16H15N3O4/c1-9-3-4-12(8-17-9)15-18-19(10(2)20)16(23-15)11-5-6-13(21)14(22)7-11/h3-8,16,21-22H,1-2H3. The molecule has 118 valence electrons. The van der Waals surface area contributed by atoms with Crippen molar-refractivity contribution in [1.29, 1.82) is 0 Å². The number of nitrogens with zero attached hydrogens (tertiary/aromatic N) is 3. The predicted molar refractivity (Wildman–Crippen MR) is 81.6 cm³/mol. The Balaban J connectivity index is 1.95. The number of phenols is 2. The first-order valence-corrected chi connectivity index (χ1v) is 6.95. The quantitative estimate of drug-likeness (QED) is 0.827. The minimum absolute atomic E-state index is 0.245. The van der Waals surface area contributed by atoms with Gasteiger partial charge in [-0.05, 0) is 37.3 Å². The molecule has 1 aromatic carbocycles. The zero-order chi connectivity index (χ0) is 16.6. The predicted octanol–water partition coefficient (Wildman–Crippen LogP) is 2.04. The highest BCUT2D eigenvalue weighted by Gasteiger charge is 2.33. The number of hydrazone groups is 1. The first-order chi connectivity index (χ1) is 11.0. The number of aryl methyl sites for hydroxylation is 1. The molecule has 2 heterocycles. The first kappa shape index (κ1) is 14.8. The van der Waals surface area contributed by atoms with Crippen LogP contribution < -0.4 is 0 Å². The van der Waals surface area contributed by atoms with Gasteiger partial charge >= 0.3 is 0 Å². The number of pyridine rings is 1. The SMILES string of the molecule is CC(=O)N1N=C(c2ccc(C)nc2)OC1c1ccc(O)c(O)c1. The summed E-state index contributed by atoms with van der Waals surface area (Å²) in [6.07, 6.45) is 0.804. The molecule has 2 aromatic rings. The van der Waals surface area contributed by atoms with Gasteiger partial charge in [0.2, 0.25) is 18.0 Å². The molecule has 1 amide bonds. The molecular weight excluding hydrogens is 298 g/mol. The summed E-state index contributed by atoms with van der Waals surface area (Å²) in [5.74, 6) is -0.576. The number of rotatable bonds is 2. The monoisotopic (exact) mass is 313 g/mol. The van der Waals surface area contributed by atoms with Crippen molar-refractivity contribution in [3.05, 3.63) is 53.3 Å². The lowest BCUT2D eigenvalue weighted by Crippen LogP contribution is -2.25. The van der Waals surface area contributed by atoms with E-state index in [1.807, 2.05) is 13.0 Å². The summed E-state index contributed by atoms with van der Waals surface area (Å²) < 4.78 is 5.76. The van der Waals surface area contributed by atoms with Crippen molar-refractivity contribution in [2.75, 3.05) is 0 Å². The molecule has 0 bridgehead atoms. The number of carbonyl (C=O) groups excluding carboxylic acids is 1. The van der Waals surface area contributed by atoms with Crippen LogP contribution in [0.2, 0.25) is 0 Å². The van der Waals surface area contributed by atoms with Crippen molar-refractivity contribution in [3.63, 3.8) is 0 Å². The molecule has 1 unspecified atom stereocenters. The van der Waals surface area contributed by atoms with Crippen LogP contribution in [0.1, 0.15) is 30.0 Å². The number of aromatic hydroxyl groups is 2.